The van der Waals surface area contributed by atoms with Gasteiger partial charge in [-0.3, -0.25) is 0 Å². The molecule has 0 bridgehead atoms. The van der Waals surface area contributed by atoms with Crippen LogP contribution in [0.4, 0.5) is 0 Å². The van der Waals surface area contributed by atoms with Gasteiger partial charge in [-0.25, -0.2) is 0 Å². The molecule has 0 nitrogen and oxygen atoms in total. The first-order valence-corrected chi connectivity index (χ1v) is 12.9. The molecule has 0 fully saturated rings. The molecule has 0 heterocycles. The summed E-state index contributed by atoms with van der Waals surface area (Å²) in [5.41, 5.74) is 3.22. The monoisotopic (exact) mass is 394 g/mol. The molecule has 2 rings (SSSR count). The zero-order valence-electron chi connectivity index (χ0n) is 15.3. The molecule has 2 aromatic rings. The molecule has 2 aromatic carbocycles. The molecule has 0 atom stereocenters. The second-order valence-corrected chi connectivity index (χ2v) is 13.7. The van der Waals surface area contributed by atoms with E-state index in [4.69, 9.17) is 0 Å². The van der Waals surface area contributed by atoms with Gasteiger partial charge < -0.3 is 0 Å². The topological polar surface area (TPSA) is 0 Å². The zero-order chi connectivity index (χ0) is 17.8. The van der Waals surface area contributed by atoms with Gasteiger partial charge in [0, 0.05) is 9.79 Å². The van der Waals surface area contributed by atoms with Crippen LogP contribution in [0.25, 0.3) is 0 Å². The van der Waals surface area contributed by atoms with Gasteiger partial charge in [0.1, 0.15) is 0 Å². The van der Waals surface area contributed by atoms with Crippen LogP contribution in [0, 0.1) is 0 Å². The van der Waals surface area contributed by atoms with Gasteiger partial charge in [-0.2, -0.15) is 0 Å². The van der Waals surface area contributed by atoms with Crippen molar-refractivity contribution in [1.29, 1.82) is 0 Å². The van der Waals surface area contributed by atoms with Crippen LogP contribution in [0.15, 0.2) is 58.3 Å². The highest BCUT2D eigenvalue weighted by Gasteiger charge is 2.14. The number of hydrogen-bond acceptors (Lipinski definition) is 4. The average Bonchev–Trinajstić information content (AvgIpc) is 2.51. The van der Waals surface area contributed by atoms with Crippen LogP contribution in [-0.2, 0) is 10.8 Å². The highest BCUT2D eigenvalue weighted by Crippen LogP contribution is 2.49. The maximum atomic E-state index is 2.25. The van der Waals surface area contributed by atoms with Gasteiger partial charge in [0.25, 0.3) is 0 Å². The van der Waals surface area contributed by atoms with Crippen LogP contribution in [0.3, 0.4) is 0 Å². The van der Waals surface area contributed by atoms with Crippen LogP contribution >= 0.6 is 41.2 Å². The smallest absolute Gasteiger partial charge is 0.0191 e. The number of benzene rings is 2. The maximum Gasteiger partial charge on any atom is 0.0191 e. The Morgan fingerprint density at radius 1 is 0.500 bits per heavy atom. The third-order valence-electron chi connectivity index (χ3n) is 3.73. The van der Waals surface area contributed by atoms with Crippen molar-refractivity contribution >= 4 is 41.2 Å². The van der Waals surface area contributed by atoms with E-state index in [0.717, 1.165) is 0 Å². The second-order valence-electron chi connectivity index (χ2n) is 7.85. The Hall–Kier alpha value is -0.160. The first kappa shape index (κ1) is 20.2. The highest BCUT2D eigenvalue weighted by molar-refractivity contribution is 9.26. The lowest BCUT2D eigenvalue weighted by atomic mass is 9.87. The summed E-state index contributed by atoms with van der Waals surface area (Å²) in [5, 5.41) is 0. The van der Waals surface area contributed by atoms with Crippen molar-refractivity contribution in [3.63, 3.8) is 0 Å². The van der Waals surface area contributed by atoms with Crippen molar-refractivity contribution in [3.8, 4) is 0 Å². The fourth-order valence-electron chi connectivity index (χ4n) is 2.13. The summed E-state index contributed by atoms with van der Waals surface area (Å²) in [5.74, 6) is 0. The Bertz CT molecular complexity index is 572. The Morgan fingerprint density at radius 2 is 0.792 bits per heavy atom. The summed E-state index contributed by atoms with van der Waals surface area (Å²) in [7, 11) is 7.29. The van der Waals surface area contributed by atoms with Crippen molar-refractivity contribution in [2.45, 2.75) is 62.2 Å². The molecule has 0 radical (unpaired) electrons. The van der Waals surface area contributed by atoms with Crippen molar-refractivity contribution in [3.05, 3.63) is 59.7 Å². The minimum absolute atomic E-state index is 0.222. The summed E-state index contributed by atoms with van der Waals surface area (Å²) in [4.78, 5) is 2.62. The molecule has 0 aliphatic rings. The molecule has 130 valence electrons. The predicted molar refractivity (Wildman–Crippen MR) is 117 cm³/mol. The molecule has 0 N–H and O–H groups in total. The third-order valence-corrected chi connectivity index (χ3v) is 9.80. The molecule has 0 aliphatic carbocycles. The van der Waals surface area contributed by atoms with E-state index < -0.39 is 0 Å². The molecule has 0 saturated carbocycles. The molecule has 0 saturated heterocycles. The molecule has 0 amide bonds. The van der Waals surface area contributed by atoms with Crippen molar-refractivity contribution in [2.75, 3.05) is 0 Å². The molecular weight excluding hydrogens is 368 g/mol. The first-order chi connectivity index (χ1) is 11.2. The standard InChI is InChI=1S/C20H26S4/c1-19(2,3)15-7-11-17(12-8-15)21-23-24-22-18-13-9-16(10-14-18)20(4,5)6/h7-14H,1-6H3. The van der Waals surface area contributed by atoms with Crippen molar-refractivity contribution < 1.29 is 0 Å². The van der Waals surface area contributed by atoms with Crippen molar-refractivity contribution in [1.82, 2.24) is 0 Å². The van der Waals surface area contributed by atoms with Gasteiger partial charge in [-0.1, -0.05) is 65.8 Å². The normalized spacial score (nSPS) is 12.4. The van der Waals surface area contributed by atoms with Gasteiger partial charge in [-0.05, 0) is 87.5 Å². The molecular formula is C20H26S4. The Kier molecular flexibility index (Phi) is 7.12. The zero-order valence-corrected chi connectivity index (χ0v) is 18.5. The Morgan fingerprint density at radius 3 is 1.04 bits per heavy atom. The van der Waals surface area contributed by atoms with E-state index in [1.165, 1.54) is 20.9 Å². The van der Waals surface area contributed by atoms with E-state index in [1.54, 1.807) is 0 Å². The van der Waals surface area contributed by atoms with Gasteiger partial charge in [-0.15, -0.1) is 0 Å². The van der Waals surface area contributed by atoms with Gasteiger partial charge in [0.05, 0.1) is 0 Å². The van der Waals surface area contributed by atoms with E-state index in [1.807, 2.05) is 41.2 Å². The maximum absolute atomic E-state index is 2.25. The quantitative estimate of drug-likeness (QED) is 0.368. The predicted octanol–water partition coefficient (Wildman–Crippen LogP) is 8.38. The number of hydrogen-bond donors (Lipinski definition) is 0. The Labute approximate surface area is 162 Å². The molecule has 0 aromatic heterocycles. The van der Waals surface area contributed by atoms with Gasteiger partial charge in [0.15, 0.2) is 0 Å². The summed E-state index contributed by atoms with van der Waals surface area (Å²) in [6, 6.07) is 17.9. The largest absolute Gasteiger partial charge is 0.0574 e. The van der Waals surface area contributed by atoms with Crippen LogP contribution in [-0.4, -0.2) is 0 Å². The SMILES string of the molecule is CC(C)(C)c1ccc(SSSSc2ccc(C(C)(C)C)cc2)cc1. The summed E-state index contributed by atoms with van der Waals surface area (Å²) in [6.45, 7) is 13.5. The summed E-state index contributed by atoms with van der Waals surface area (Å²) >= 11 is 0. The van der Waals surface area contributed by atoms with Crippen LogP contribution < -0.4 is 0 Å². The van der Waals surface area contributed by atoms with E-state index >= 15 is 0 Å². The van der Waals surface area contributed by atoms with E-state index in [2.05, 4.69) is 90.1 Å². The summed E-state index contributed by atoms with van der Waals surface area (Å²) < 4.78 is 0. The number of rotatable bonds is 5. The van der Waals surface area contributed by atoms with E-state index in [-0.39, 0.29) is 10.8 Å². The lowest BCUT2D eigenvalue weighted by molar-refractivity contribution is 0.589. The van der Waals surface area contributed by atoms with E-state index in [9.17, 15) is 0 Å². The highest BCUT2D eigenvalue weighted by atomic mass is 33.7. The van der Waals surface area contributed by atoms with Crippen LogP contribution in [0.2, 0.25) is 0 Å². The molecule has 0 unspecified atom stereocenters. The fourth-order valence-corrected chi connectivity index (χ4v) is 7.55. The van der Waals surface area contributed by atoms with Crippen LogP contribution in [0.5, 0.6) is 0 Å². The minimum Gasteiger partial charge on any atom is -0.0574 e. The van der Waals surface area contributed by atoms with Crippen LogP contribution in [0.1, 0.15) is 52.7 Å². The Balaban J connectivity index is 1.79. The minimum atomic E-state index is 0.222. The van der Waals surface area contributed by atoms with Gasteiger partial charge in [0.2, 0.25) is 0 Å². The molecule has 0 aliphatic heterocycles. The summed E-state index contributed by atoms with van der Waals surface area (Å²) in [6.07, 6.45) is 0. The molecule has 4 heteroatoms. The third kappa shape index (κ3) is 6.29. The van der Waals surface area contributed by atoms with E-state index in [0.29, 0.717) is 0 Å². The molecule has 24 heavy (non-hydrogen) atoms. The molecule has 0 spiro atoms. The first-order valence-electron chi connectivity index (χ1n) is 8.05. The fraction of sp³-hybridized carbons (Fsp3) is 0.400. The lowest BCUT2D eigenvalue weighted by Gasteiger charge is -2.19. The van der Waals surface area contributed by atoms with Crippen molar-refractivity contribution in [2.24, 2.45) is 0 Å². The average molecular weight is 395 g/mol. The van der Waals surface area contributed by atoms with Gasteiger partial charge >= 0.3 is 0 Å². The second kappa shape index (κ2) is 8.48. The lowest BCUT2D eigenvalue weighted by Crippen LogP contribution is -2.10.